The van der Waals surface area contributed by atoms with Crippen LogP contribution in [0.5, 0.6) is 0 Å². The number of carbonyl (C=O) groups is 1. The van der Waals surface area contributed by atoms with Gasteiger partial charge in [-0.2, -0.15) is 0 Å². The summed E-state index contributed by atoms with van der Waals surface area (Å²) in [7, 11) is 0. The van der Waals surface area contributed by atoms with Crippen molar-refractivity contribution < 1.29 is 9.90 Å². The van der Waals surface area contributed by atoms with Gasteiger partial charge < -0.3 is 16.2 Å². The minimum Gasteiger partial charge on any atom is -0.396 e. The Labute approximate surface area is 115 Å². The predicted molar refractivity (Wildman–Crippen MR) is 76.7 cm³/mol. The lowest BCUT2D eigenvalue weighted by atomic mass is 9.75. The lowest BCUT2D eigenvalue weighted by Crippen LogP contribution is -2.43. The molecular weight excluding hydrogens is 240 g/mol. The molecule has 0 aliphatic rings. The molecule has 1 amide bonds. The largest absolute Gasteiger partial charge is 0.396 e. The summed E-state index contributed by atoms with van der Waals surface area (Å²) in [5.74, 6) is -0.129. The summed E-state index contributed by atoms with van der Waals surface area (Å²) in [6.07, 6.45) is 0. The number of amides is 1. The smallest absolute Gasteiger partial charge is 0.236 e. The summed E-state index contributed by atoms with van der Waals surface area (Å²) in [5.41, 5.74) is 6.33. The zero-order valence-corrected chi connectivity index (χ0v) is 11.9. The highest BCUT2D eigenvalue weighted by molar-refractivity contribution is 5.81. The number of benzene rings is 1. The van der Waals surface area contributed by atoms with Crippen molar-refractivity contribution in [2.75, 3.05) is 13.2 Å². The number of aliphatic hydroxyl groups excluding tert-OH is 1. The Morgan fingerprint density at radius 1 is 1.37 bits per heavy atom. The number of hydrogen-bond donors (Lipinski definition) is 3. The number of rotatable bonds is 6. The second kappa shape index (κ2) is 6.68. The van der Waals surface area contributed by atoms with Gasteiger partial charge in [0.15, 0.2) is 0 Å². The van der Waals surface area contributed by atoms with Crippen LogP contribution in [0.15, 0.2) is 30.3 Å². The third-order valence-corrected chi connectivity index (χ3v) is 3.45. The lowest BCUT2D eigenvalue weighted by Gasteiger charge is -2.33. The molecule has 0 fully saturated rings. The van der Waals surface area contributed by atoms with Crippen LogP contribution in [-0.2, 0) is 4.79 Å². The number of nitrogens with two attached hydrogens (primary N) is 1. The average molecular weight is 264 g/mol. The Kier molecular flexibility index (Phi) is 5.51. The van der Waals surface area contributed by atoms with Crippen LogP contribution in [0.25, 0.3) is 0 Å². The maximum atomic E-state index is 11.6. The van der Waals surface area contributed by atoms with Crippen molar-refractivity contribution in [2.24, 2.45) is 11.1 Å². The first-order chi connectivity index (χ1) is 8.88. The van der Waals surface area contributed by atoms with Gasteiger partial charge in [-0.1, -0.05) is 44.2 Å². The van der Waals surface area contributed by atoms with Gasteiger partial charge in [-0.3, -0.25) is 4.79 Å². The molecule has 0 aliphatic heterocycles. The maximum absolute atomic E-state index is 11.6. The van der Waals surface area contributed by atoms with Gasteiger partial charge in [-0.15, -0.1) is 0 Å². The van der Waals surface area contributed by atoms with Crippen molar-refractivity contribution >= 4 is 5.91 Å². The minimum absolute atomic E-state index is 0.0430. The predicted octanol–water partition coefficient (Wildman–Crippen LogP) is 1.25. The molecule has 4 N–H and O–H groups in total. The molecule has 19 heavy (non-hydrogen) atoms. The van der Waals surface area contributed by atoms with E-state index in [1.807, 2.05) is 44.2 Å². The molecule has 0 saturated heterocycles. The number of nitrogens with one attached hydrogen (secondary N) is 1. The summed E-state index contributed by atoms with van der Waals surface area (Å²) >= 11 is 0. The van der Waals surface area contributed by atoms with E-state index in [0.717, 1.165) is 5.56 Å². The van der Waals surface area contributed by atoms with Gasteiger partial charge >= 0.3 is 0 Å². The summed E-state index contributed by atoms with van der Waals surface area (Å²) in [5, 5.41) is 12.4. The highest BCUT2D eigenvalue weighted by atomic mass is 16.3. The normalized spacial score (nSPS) is 14.8. The Bertz CT molecular complexity index is 402. The van der Waals surface area contributed by atoms with Crippen LogP contribution in [0, 0.1) is 5.41 Å². The van der Waals surface area contributed by atoms with Crippen LogP contribution in [0.2, 0.25) is 0 Å². The Hall–Kier alpha value is -1.39. The molecule has 0 radical (unpaired) electrons. The molecular formula is C15H24N2O2. The first-order valence-electron chi connectivity index (χ1n) is 6.57. The van der Waals surface area contributed by atoms with Gasteiger partial charge in [0, 0.05) is 19.1 Å². The zero-order valence-electron chi connectivity index (χ0n) is 11.9. The number of aliphatic hydroxyl groups is 1. The molecule has 0 aliphatic carbocycles. The lowest BCUT2D eigenvalue weighted by molar-refractivity contribution is -0.122. The van der Waals surface area contributed by atoms with Crippen LogP contribution in [0.3, 0.4) is 0 Å². The second-order valence-corrected chi connectivity index (χ2v) is 5.64. The molecule has 106 valence electrons. The van der Waals surface area contributed by atoms with Crippen molar-refractivity contribution in [1.82, 2.24) is 5.32 Å². The van der Waals surface area contributed by atoms with Crippen LogP contribution >= 0.6 is 0 Å². The van der Waals surface area contributed by atoms with Crippen LogP contribution in [-0.4, -0.2) is 30.2 Å². The number of carbonyl (C=O) groups excluding carboxylic acids is 1. The first kappa shape index (κ1) is 15.7. The summed E-state index contributed by atoms with van der Waals surface area (Å²) in [6, 6.07) is 9.38. The third-order valence-electron chi connectivity index (χ3n) is 3.45. The van der Waals surface area contributed by atoms with Crippen molar-refractivity contribution in [3.63, 3.8) is 0 Å². The molecule has 4 nitrogen and oxygen atoms in total. The molecule has 4 heteroatoms. The number of hydrogen-bond acceptors (Lipinski definition) is 3. The SMILES string of the molecule is CC(N)C(=O)NCC(c1ccccc1)C(C)(C)CO. The molecule has 0 aromatic heterocycles. The molecule has 0 spiro atoms. The third kappa shape index (κ3) is 4.33. The molecule has 0 bridgehead atoms. The fourth-order valence-corrected chi connectivity index (χ4v) is 2.00. The highest BCUT2D eigenvalue weighted by Gasteiger charge is 2.30. The van der Waals surface area contributed by atoms with E-state index in [-0.39, 0.29) is 23.8 Å². The van der Waals surface area contributed by atoms with Gasteiger partial charge in [0.05, 0.1) is 6.04 Å². The van der Waals surface area contributed by atoms with E-state index in [9.17, 15) is 9.90 Å². The van der Waals surface area contributed by atoms with E-state index in [2.05, 4.69) is 5.32 Å². The molecule has 1 rings (SSSR count). The van der Waals surface area contributed by atoms with Crippen molar-refractivity contribution in [1.29, 1.82) is 0 Å². The first-order valence-corrected chi connectivity index (χ1v) is 6.57. The van der Waals surface area contributed by atoms with E-state index in [0.29, 0.717) is 6.54 Å². The standard InChI is InChI=1S/C15H24N2O2/c1-11(16)14(19)17-9-13(15(2,3)10-18)12-7-5-4-6-8-12/h4-8,11,13,18H,9-10,16H2,1-3H3,(H,17,19). The van der Waals surface area contributed by atoms with Crippen LogP contribution < -0.4 is 11.1 Å². The summed E-state index contributed by atoms with van der Waals surface area (Å²) in [6.45, 7) is 6.16. The quantitative estimate of drug-likeness (QED) is 0.724. The monoisotopic (exact) mass is 264 g/mol. The molecule has 1 aromatic rings. The van der Waals surface area contributed by atoms with E-state index < -0.39 is 6.04 Å². The van der Waals surface area contributed by atoms with E-state index >= 15 is 0 Å². The minimum atomic E-state index is -0.520. The fourth-order valence-electron chi connectivity index (χ4n) is 2.00. The van der Waals surface area contributed by atoms with Gasteiger partial charge in [-0.05, 0) is 17.9 Å². The van der Waals surface area contributed by atoms with Gasteiger partial charge in [-0.25, -0.2) is 0 Å². The summed E-state index contributed by atoms with van der Waals surface area (Å²) < 4.78 is 0. The molecule has 1 aromatic carbocycles. The van der Waals surface area contributed by atoms with E-state index in [1.165, 1.54) is 0 Å². The topological polar surface area (TPSA) is 75.4 Å². The Morgan fingerprint density at radius 3 is 2.42 bits per heavy atom. The van der Waals surface area contributed by atoms with Gasteiger partial charge in [0.25, 0.3) is 0 Å². The van der Waals surface area contributed by atoms with E-state index in [1.54, 1.807) is 6.92 Å². The Morgan fingerprint density at radius 2 is 1.95 bits per heavy atom. The Balaban J connectivity index is 2.86. The summed E-state index contributed by atoms with van der Waals surface area (Å²) in [4.78, 5) is 11.6. The molecule has 2 unspecified atom stereocenters. The van der Waals surface area contributed by atoms with Crippen LogP contribution in [0.1, 0.15) is 32.3 Å². The second-order valence-electron chi connectivity index (χ2n) is 5.64. The molecule has 0 saturated carbocycles. The van der Waals surface area contributed by atoms with Gasteiger partial charge in [0.1, 0.15) is 0 Å². The maximum Gasteiger partial charge on any atom is 0.236 e. The highest BCUT2D eigenvalue weighted by Crippen LogP contribution is 2.34. The van der Waals surface area contributed by atoms with E-state index in [4.69, 9.17) is 5.73 Å². The molecule has 2 atom stereocenters. The van der Waals surface area contributed by atoms with Crippen molar-refractivity contribution in [3.8, 4) is 0 Å². The zero-order chi connectivity index (χ0) is 14.5. The van der Waals surface area contributed by atoms with Crippen LogP contribution in [0.4, 0.5) is 0 Å². The van der Waals surface area contributed by atoms with Crippen molar-refractivity contribution in [2.45, 2.75) is 32.7 Å². The van der Waals surface area contributed by atoms with Gasteiger partial charge in [0.2, 0.25) is 5.91 Å². The van der Waals surface area contributed by atoms with Crippen molar-refractivity contribution in [3.05, 3.63) is 35.9 Å². The molecule has 0 heterocycles. The fraction of sp³-hybridized carbons (Fsp3) is 0.533. The average Bonchev–Trinajstić information content (AvgIpc) is 2.39.